The van der Waals surface area contributed by atoms with Gasteiger partial charge in [-0.3, -0.25) is 14.4 Å². The Bertz CT molecular complexity index is 742. The lowest BCUT2D eigenvalue weighted by molar-refractivity contribution is -0.920. The number of anilines is 1. The fourth-order valence-corrected chi connectivity index (χ4v) is 3.87. The first kappa shape index (κ1) is 15.9. The van der Waals surface area contributed by atoms with E-state index >= 15 is 0 Å². The second-order valence-corrected chi connectivity index (χ2v) is 6.70. The molecule has 8 nitrogen and oxygen atoms in total. The number of carbonyl (C=O) groups is 3. The number of likely N-dealkylation sites (tertiary alicyclic amines) is 1. The minimum absolute atomic E-state index is 0.124. The van der Waals surface area contributed by atoms with Crippen LogP contribution in [-0.2, 0) is 14.4 Å². The number of imide groups is 1. The fraction of sp³-hybridized carbons (Fsp3) is 0.471. The van der Waals surface area contributed by atoms with Crippen LogP contribution in [0.4, 0.5) is 5.69 Å². The van der Waals surface area contributed by atoms with Gasteiger partial charge in [0.2, 0.25) is 18.6 Å². The lowest BCUT2D eigenvalue weighted by Crippen LogP contribution is -3.17. The van der Waals surface area contributed by atoms with E-state index in [1.165, 1.54) is 4.90 Å². The third-order valence-corrected chi connectivity index (χ3v) is 5.28. The summed E-state index contributed by atoms with van der Waals surface area (Å²) in [5.41, 5.74) is 5.87. The molecule has 0 aromatic heterocycles. The Hall–Kier alpha value is -2.61. The molecule has 4 rings (SSSR count). The van der Waals surface area contributed by atoms with E-state index in [2.05, 4.69) is 0 Å². The van der Waals surface area contributed by atoms with Crippen molar-refractivity contribution in [3.8, 4) is 11.5 Å². The van der Waals surface area contributed by atoms with Crippen LogP contribution in [0.2, 0.25) is 0 Å². The van der Waals surface area contributed by atoms with E-state index in [0.29, 0.717) is 43.1 Å². The van der Waals surface area contributed by atoms with Gasteiger partial charge in [-0.1, -0.05) is 0 Å². The van der Waals surface area contributed by atoms with Crippen LogP contribution in [0.15, 0.2) is 18.2 Å². The Morgan fingerprint density at radius 2 is 1.88 bits per heavy atom. The molecular weight excluding hydrogens is 326 g/mol. The van der Waals surface area contributed by atoms with Crippen molar-refractivity contribution >= 4 is 23.4 Å². The molecule has 3 amide bonds. The molecule has 0 spiro atoms. The van der Waals surface area contributed by atoms with Crippen LogP contribution in [0.25, 0.3) is 0 Å². The van der Waals surface area contributed by atoms with Crippen molar-refractivity contribution in [2.24, 2.45) is 11.7 Å². The number of piperidine rings is 1. The zero-order valence-corrected chi connectivity index (χ0v) is 13.7. The number of hydrogen-bond donors (Lipinski definition) is 2. The maximum atomic E-state index is 12.9. The van der Waals surface area contributed by atoms with Crippen LogP contribution in [-0.4, -0.2) is 43.6 Å². The Kier molecular flexibility index (Phi) is 3.84. The molecule has 0 unspecified atom stereocenters. The highest BCUT2D eigenvalue weighted by atomic mass is 16.7. The molecule has 3 N–H and O–H groups in total. The summed E-state index contributed by atoms with van der Waals surface area (Å²) in [6.45, 7) is 1.49. The maximum absolute atomic E-state index is 12.9. The third kappa shape index (κ3) is 2.72. The molecular formula is C17H20N3O5+. The number of benzene rings is 1. The molecule has 3 heterocycles. The van der Waals surface area contributed by atoms with E-state index in [1.807, 2.05) is 0 Å². The van der Waals surface area contributed by atoms with Gasteiger partial charge in [0.15, 0.2) is 17.5 Å². The summed E-state index contributed by atoms with van der Waals surface area (Å²) < 4.78 is 10.6. The maximum Gasteiger partial charge on any atom is 0.292 e. The summed E-state index contributed by atoms with van der Waals surface area (Å²) in [4.78, 5) is 38.9. The monoisotopic (exact) mass is 346 g/mol. The molecule has 0 saturated carbocycles. The Labute approximate surface area is 144 Å². The molecule has 1 atom stereocenters. The number of amides is 3. The molecule has 132 valence electrons. The minimum atomic E-state index is -0.397. The molecule has 1 aromatic rings. The number of primary amides is 1. The van der Waals surface area contributed by atoms with Gasteiger partial charge in [-0.2, -0.15) is 0 Å². The van der Waals surface area contributed by atoms with Crippen molar-refractivity contribution in [2.45, 2.75) is 25.3 Å². The first-order chi connectivity index (χ1) is 12.0. The normalized spacial score (nSPS) is 28.5. The van der Waals surface area contributed by atoms with Crippen LogP contribution >= 0.6 is 0 Å². The lowest BCUT2D eigenvalue weighted by Gasteiger charge is -2.30. The van der Waals surface area contributed by atoms with Crippen LogP contribution in [0.3, 0.4) is 0 Å². The number of nitrogens with two attached hydrogens (primary N) is 1. The predicted octanol–water partition coefficient (Wildman–Crippen LogP) is -1.17. The summed E-state index contributed by atoms with van der Waals surface area (Å²) in [5, 5.41) is 0. The predicted molar refractivity (Wildman–Crippen MR) is 86.1 cm³/mol. The van der Waals surface area contributed by atoms with Crippen molar-refractivity contribution in [3.63, 3.8) is 0 Å². The zero-order valence-electron chi connectivity index (χ0n) is 13.7. The largest absolute Gasteiger partial charge is 0.454 e. The molecule has 0 bridgehead atoms. The number of hydrogen-bond acceptors (Lipinski definition) is 5. The first-order valence-electron chi connectivity index (χ1n) is 8.45. The van der Waals surface area contributed by atoms with E-state index in [-0.39, 0.29) is 36.9 Å². The Balaban J connectivity index is 1.50. The number of quaternary nitrogens is 1. The van der Waals surface area contributed by atoms with Crippen molar-refractivity contribution in [1.29, 1.82) is 0 Å². The molecule has 2 fully saturated rings. The third-order valence-electron chi connectivity index (χ3n) is 5.28. The van der Waals surface area contributed by atoms with Crippen LogP contribution < -0.4 is 25.0 Å². The van der Waals surface area contributed by atoms with E-state index in [0.717, 1.165) is 4.90 Å². The van der Waals surface area contributed by atoms with E-state index in [9.17, 15) is 14.4 Å². The number of carbonyl (C=O) groups excluding carboxylic acids is 3. The fourth-order valence-electron chi connectivity index (χ4n) is 3.87. The van der Waals surface area contributed by atoms with Gasteiger partial charge in [-0.25, -0.2) is 4.90 Å². The number of ether oxygens (including phenoxy) is 2. The molecule has 8 heteroatoms. The smallest absolute Gasteiger partial charge is 0.292 e. The molecule has 3 aliphatic rings. The molecule has 0 radical (unpaired) electrons. The highest BCUT2D eigenvalue weighted by Crippen LogP contribution is 2.36. The first-order valence-corrected chi connectivity index (χ1v) is 8.45. The molecule has 0 aliphatic carbocycles. The topological polar surface area (TPSA) is 103 Å². The van der Waals surface area contributed by atoms with Gasteiger partial charge >= 0.3 is 0 Å². The van der Waals surface area contributed by atoms with Crippen LogP contribution in [0.1, 0.15) is 19.3 Å². The van der Waals surface area contributed by atoms with Crippen molar-refractivity contribution in [2.75, 3.05) is 24.8 Å². The average molecular weight is 346 g/mol. The lowest BCUT2D eigenvalue weighted by atomic mass is 9.95. The standard InChI is InChI=1S/C17H19N3O5/c18-16(22)10-3-5-19(6-4-10)12-8-15(21)20(17(12)23)11-1-2-13-14(7-11)25-9-24-13/h1-2,7,10,12H,3-6,8-9H2,(H2,18,22)/p+1/t12-/m1/s1. The number of rotatable bonds is 3. The van der Waals surface area contributed by atoms with Gasteiger partial charge in [0.05, 0.1) is 25.2 Å². The van der Waals surface area contributed by atoms with Gasteiger partial charge in [0, 0.05) is 24.8 Å². The molecule has 1 aromatic carbocycles. The van der Waals surface area contributed by atoms with Crippen molar-refractivity contribution in [3.05, 3.63) is 18.2 Å². The van der Waals surface area contributed by atoms with Crippen LogP contribution in [0.5, 0.6) is 11.5 Å². The van der Waals surface area contributed by atoms with Crippen LogP contribution in [0, 0.1) is 5.92 Å². The number of fused-ring (bicyclic) bond motifs is 1. The molecule has 25 heavy (non-hydrogen) atoms. The summed E-state index contributed by atoms with van der Waals surface area (Å²) in [7, 11) is 0. The minimum Gasteiger partial charge on any atom is -0.454 e. The second-order valence-electron chi connectivity index (χ2n) is 6.70. The van der Waals surface area contributed by atoms with Gasteiger partial charge < -0.3 is 20.1 Å². The zero-order chi connectivity index (χ0) is 17.6. The van der Waals surface area contributed by atoms with Crippen molar-refractivity contribution in [1.82, 2.24) is 0 Å². The van der Waals surface area contributed by atoms with E-state index in [4.69, 9.17) is 15.2 Å². The summed E-state index contributed by atoms with van der Waals surface area (Å²) >= 11 is 0. The van der Waals surface area contributed by atoms with Crippen molar-refractivity contribution < 1.29 is 28.8 Å². The highest BCUT2D eigenvalue weighted by molar-refractivity contribution is 6.22. The van der Waals surface area contributed by atoms with Gasteiger partial charge in [0.1, 0.15) is 0 Å². The average Bonchev–Trinajstić information content (AvgIpc) is 3.18. The SMILES string of the molecule is NC(=O)C1CC[NH+]([C@@H]2CC(=O)N(c3ccc4c(c3)OCO4)C2=O)CC1. The van der Waals surface area contributed by atoms with Gasteiger partial charge in [-0.05, 0) is 12.1 Å². The summed E-state index contributed by atoms with van der Waals surface area (Å²) in [6, 6.07) is 4.67. The highest BCUT2D eigenvalue weighted by Gasteiger charge is 2.47. The number of nitrogens with one attached hydrogen (secondary N) is 1. The quantitative estimate of drug-likeness (QED) is 0.671. The number of nitrogens with zero attached hydrogens (tertiary/aromatic N) is 1. The summed E-state index contributed by atoms with van der Waals surface area (Å²) in [5.74, 6) is 0.334. The Morgan fingerprint density at radius 1 is 1.16 bits per heavy atom. The Morgan fingerprint density at radius 3 is 2.60 bits per heavy atom. The van der Waals surface area contributed by atoms with E-state index < -0.39 is 6.04 Å². The summed E-state index contributed by atoms with van der Waals surface area (Å²) in [6.07, 6.45) is 1.50. The molecule has 2 saturated heterocycles. The second kappa shape index (κ2) is 6.03. The van der Waals surface area contributed by atoms with Gasteiger partial charge in [0.25, 0.3) is 5.91 Å². The van der Waals surface area contributed by atoms with E-state index in [1.54, 1.807) is 18.2 Å². The molecule has 3 aliphatic heterocycles. The van der Waals surface area contributed by atoms with Gasteiger partial charge in [-0.15, -0.1) is 0 Å².